The molecule has 11 nitrogen and oxygen atoms in total. The van der Waals surface area contributed by atoms with Crippen LogP contribution >= 0.6 is 0 Å². The summed E-state index contributed by atoms with van der Waals surface area (Å²) in [7, 11) is 1.64. The number of anilines is 1. The van der Waals surface area contributed by atoms with Crippen molar-refractivity contribution >= 4 is 28.7 Å². The number of carbonyl (C=O) groups is 2. The van der Waals surface area contributed by atoms with E-state index in [1.807, 2.05) is 24.3 Å². The van der Waals surface area contributed by atoms with Gasteiger partial charge >= 0.3 is 6.03 Å². The molecule has 1 unspecified atom stereocenters. The van der Waals surface area contributed by atoms with Crippen molar-refractivity contribution in [3.63, 3.8) is 0 Å². The third kappa shape index (κ3) is 4.65. The highest BCUT2D eigenvalue weighted by Gasteiger charge is 2.29. The van der Waals surface area contributed by atoms with Crippen molar-refractivity contribution in [2.75, 3.05) is 18.9 Å². The van der Waals surface area contributed by atoms with E-state index in [1.54, 1.807) is 19.3 Å². The lowest BCUT2D eigenvalue weighted by atomic mass is 9.99. The van der Waals surface area contributed by atoms with Gasteiger partial charge in [-0.2, -0.15) is 0 Å². The molecule has 1 aliphatic heterocycles. The van der Waals surface area contributed by atoms with Crippen LogP contribution < -0.4 is 15.4 Å². The fourth-order valence-electron chi connectivity index (χ4n) is 4.66. The molecule has 1 atom stereocenters. The van der Waals surface area contributed by atoms with Gasteiger partial charge in [0, 0.05) is 48.8 Å². The van der Waals surface area contributed by atoms with E-state index in [-0.39, 0.29) is 18.0 Å². The van der Waals surface area contributed by atoms with E-state index < -0.39 is 0 Å². The number of benzene rings is 1. The standard InChI is InChI=1S/C26H27N7O4/c1-15-9-19-20(12-32(15)13-24(34)27-2)28-14-29-25(19)36-18-5-6-21-17(10-18)7-8-33(21)26(35)30-23-11-22(37-31-23)16-3-4-16/h5-8,10-11,14-16H,3-4,9,12-13H2,1-2H3,(H,27,34)(H,30,31,35). The molecule has 4 aromatic rings. The first kappa shape index (κ1) is 23.2. The molecule has 190 valence electrons. The van der Waals surface area contributed by atoms with E-state index in [9.17, 15) is 9.59 Å². The van der Waals surface area contributed by atoms with Crippen LogP contribution in [-0.4, -0.2) is 56.2 Å². The van der Waals surface area contributed by atoms with Crippen molar-refractivity contribution in [3.05, 3.63) is 59.9 Å². The maximum Gasteiger partial charge on any atom is 0.331 e. The van der Waals surface area contributed by atoms with Gasteiger partial charge in [-0.3, -0.25) is 19.6 Å². The first-order valence-electron chi connectivity index (χ1n) is 12.3. The molecule has 11 heteroatoms. The number of hydrogen-bond donors (Lipinski definition) is 2. The average molecular weight is 502 g/mol. The number of hydrogen-bond acceptors (Lipinski definition) is 8. The molecular formula is C26H27N7O4. The summed E-state index contributed by atoms with van der Waals surface area (Å²) >= 11 is 0. The van der Waals surface area contributed by atoms with Gasteiger partial charge in [0.25, 0.3) is 0 Å². The maximum absolute atomic E-state index is 12.9. The van der Waals surface area contributed by atoms with Crippen molar-refractivity contribution < 1.29 is 18.8 Å². The molecule has 1 aliphatic carbocycles. The quantitative estimate of drug-likeness (QED) is 0.410. The lowest BCUT2D eigenvalue weighted by Crippen LogP contribution is -2.44. The molecule has 6 rings (SSSR count). The largest absolute Gasteiger partial charge is 0.439 e. The zero-order chi connectivity index (χ0) is 25.5. The van der Waals surface area contributed by atoms with Crippen molar-refractivity contribution in [2.24, 2.45) is 0 Å². The minimum atomic E-state index is -0.320. The molecule has 2 amide bonds. The Morgan fingerprint density at radius 1 is 1.19 bits per heavy atom. The molecule has 2 N–H and O–H groups in total. The monoisotopic (exact) mass is 501 g/mol. The Labute approximate surface area is 212 Å². The number of rotatable bonds is 6. The van der Waals surface area contributed by atoms with Gasteiger partial charge in [-0.25, -0.2) is 14.8 Å². The Morgan fingerprint density at radius 3 is 2.86 bits per heavy atom. The summed E-state index contributed by atoms with van der Waals surface area (Å²) in [4.78, 5) is 35.6. The number of fused-ring (bicyclic) bond motifs is 2. The summed E-state index contributed by atoms with van der Waals surface area (Å²) in [6, 6.07) is 8.98. The molecule has 0 saturated heterocycles. The number of ether oxygens (including phenoxy) is 1. The third-order valence-electron chi connectivity index (χ3n) is 6.93. The van der Waals surface area contributed by atoms with E-state index in [4.69, 9.17) is 9.26 Å². The summed E-state index contributed by atoms with van der Waals surface area (Å²) in [5, 5.41) is 10.3. The number of carbonyl (C=O) groups excluding carboxylic acids is 2. The number of nitrogens with one attached hydrogen (secondary N) is 2. The SMILES string of the molecule is CNC(=O)CN1Cc2ncnc(Oc3ccc4c(ccn4C(=O)Nc4cc(C5CC5)on4)c3)c2CC1C. The van der Waals surface area contributed by atoms with Crippen LogP contribution in [0.1, 0.15) is 42.7 Å². The molecule has 1 aromatic carbocycles. The van der Waals surface area contributed by atoms with Crippen LogP contribution in [0.3, 0.4) is 0 Å². The van der Waals surface area contributed by atoms with Gasteiger partial charge in [0.05, 0.1) is 17.8 Å². The molecular weight excluding hydrogens is 474 g/mol. The van der Waals surface area contributed by atoms with Gasteiger partial charge in [0.2, 0.25) is 11.8 Å². The second-order valence-electron chi connectivity index (χ2n) is 9.56. The average Bonchev–Trinajstić information content (AvgIpc) is 3.49. The van der Waals surface area contributed by atoms with Crippen LogP contribution in [0.2, 0.25) is 0 Å². The summed E-state index contributed by atoms with van der Waals surface area (Å²) in [5.41, 5.74) is 2.53. The Bertz CT molecular complexity index is 1490. The van der Waals surface area contributed by atoms with Crippen molar-refractivity contribution in [1.29, 1.82) is 0 Å². The van der Waals surface area contributed by atoms with E-state index in [0.717, 1.165) is 40.8 Å². The van der Waals surface area contributed by atoms with Gasteiger partial charge in [0.1, 0.15) is 17.8 Å². The second kappa shape index (κ2) is 9.32. The second-order valence-corrected chi connectivity index (χ2v) is 9.56. The van der Waals surface area contributed by atoms with Gasteiger partial charge in [-0.1, -0.05) is 5.16 Å². The van der Waals surface area contributed by atoms with Crippen molar-refractivity contribution in [2.45, 2.75) is 44.7 Å². The van der Waals surface area contributed by atoms with Crippen LogP contribution in [0.15, 0.2) is 47.4 Å². The first-order chi connectivity index (χ1) is 18.0. The molecule has 1 saturated carbocycles. The first-order valence-corrected chi connectivity index (χ1v) is 12.3. The van der Waals surface area contributed by atoms with Crippen LogP contribution in [0.25, 0.3) is 10.9 Å². The highest BCUT2D eigenvalue weighted by atomic mass is 16.5. The van der Waals surface area contributed by atoms with Crippen LogP contribution in [-0.2, 0) is 17.8 Å². The fourth-order valence-corrected chi connectivity index (χ4v) is 4.66. The van der Waals surface area contributed by atoms with Crippen molar-refractivity contribution in [1.82, 2.24) is 29.9 Å². The smallest absolute Gasteiger partial charge is 0.331 e. The van der Waals surface area contributed by atoms with Gasteiger partial charge in [-0.05, 0) is 50.5 Å². The van der Waals surface area contributed by atoms with E-state index in [1.165, 1.54) is 10.9 Å². The van der Waals surface area contributed by atoms with Gasteiger partial charge < -0.3 is 14.6 Å². The van der Waals surface area contributed by atoms with Gasteiger partial charge in [0.15, 0.2) is 5.82 Å². The van der Waals surface area contributed by atoms with E-state index in [0.29, 0.717) is 42.9 Å². The Kier molecular flexibility index (Phi) is 5.84. The predicted molar refractivity (Wildman–Crippen MR) is 135 cm³/mol. The minimum absolute atomic E-state index is 0.0289. The predicted octanol–water partition coefficient (Wildman–Crippen LogP) is 3.66. The number of likely N-dealkylation sites (N-methyl/N-ethyl adjacent to an activating group) is 1. The topological polar surface area (TPSA) is 127 Å². The number of aromatic nitrogens is 4. The molecule has 2 aliphatic rings. The number of nitrogens with zero attached hydrogens (tertiary/aromatic N) is 5. The Hall–Kier alpha value is -4.25. The molecule has 1 fully saturated rings. The summed E-state index contributed by atoms with van der Waals surface area (Å²) in [5.74, 6) is 2.73. The van der Waals surface area contributed by atoms with Gasteiger partial charge in [-0.15, -0.1) is 0 Å². The summed E-state index contributed by atoms with van der Waals surface area (Å²) in [6.07, 6.45) is 6.07. The van der Waals surface area contributed by atoms with Crippen LogP contribution in [0.4, 0.5) is 10.6 Å². The minimum Gasteiger partial charge on any atom is -0.439 e. The molecule has 4 heterocycles. The molecule has 0 radical (unpaired) electrons. The third-order valence-corrected chi connectivity index (χ3v) is 6.93. The molecule has 3 aromatic heterocycles. The molecule has 37 heavy (non-hydrogen) atoms. The van der Waals surface area contributed by atoms with Crippen LogP contribution in [0, 0.1) is 0 Å². The molecule has 0 bridgehead atoms. The molecule has 0 spiro atoms. The zero-order valence-corrected chi connectivity index (χ0v) is 20.6. The fraction of sp³-hybridized carbons (Fsp3) is 0.346. The summed E-state index contributed by atoms with van der Waals surface area (Å²) < 4.78 is 13.0. The number of amides is 2. The zero-order valence-electron chi connectivity index (χ0n) is 20.6. The maximum atomic E-state index is 12.9. The Balaban J connectivity index is 1.18. The Morgan fingerprint density at radius 2 is 2.05 bits per heavy atom. The highest BCUT2D eigenvalue weighted by Crippen LogP contribution is 2.40. The highest BCUT2D eigenvalue weighted by molar-refractivity contribution is 5.98. The normalized spacial score (nSPS) is 17.4. The van der Waals surface area contributed by atoms with E-state index in [2.05, 4.69) is 37.6 Å². The summed E-state index contributed by atoms with van der Waals surface area (Å²) in [6.45, 7) is 2.94. The van der Waals surface area contributed by atoms with Crippen molar-refractivity contribution in [3.8, 4) is 11.6 Å². The van der Waals surface area contributed by atoms with Crippen LogP contribution in [0.5, 0.6) is 11.6 Å². The lowest BCUT2D eigenvalue weighted by molar-refractivity contribution is -0.122. The lowest BCUT2D eigenvalue weighted by Gasteiger charge is -2.33. The van der Waals surface area contributed by atoms with E-state index >= 15 is 0 Å².